The van der Waals surface area contributed by atoms with Gasteiger partial charge in [-0.1, -0.05) is 27.2 Å². The topological polar surface area (TPSA) is 15.3 Å². The molecular formula is C17H34N2. The number of rotatable bonds is 4. The molecule has 1 unspecified atom stereocenters. The van der Waals surface area contributed by atoms with Crippen LogP contribution in [0.1, 0.15) is 65.7 Å². The van der Waals surface area contributed by atoms with E-state index in [1.54, 1.807) is 0 Å². The molecule has 1 atom stereocenters. The molecule has 0 aromatic heterocycles. The Labute approximate surface area is 120 Å². The standard InChI is InChI=1S/C17H34N2/c1-4-19(14-15-8-12-18-13-9-15)16-6-5-10-17(2,3)11-7-16/h15-16,18H,4-14H2,1-3H3. The smallest absolute Gasteiger partial charge is 0.00954 e. The Bertz CT molecular complexity index is 256. The van der Waals surface area contributed by atoms with Crippen LogP contribution in [0.4, 0.5) is 0 Å². The number of hydrogen-bond acceptors (Lipinski definition) is 2. The van der Waals surface area contributed by atoms with Gasteiger partial charge in [-0.15, -0.1) is 0 Å². The largest absolute Gasteiger partial charge is 0.317 e. The Morgan fingerprint density at radius 1 is 1.05 bits per heavy atom. The summed E-state index contributed by atoms with van der Waals surface area (Å²) in [6.45, 7) is 12.3. The third-order valence-corrected chi connectivity index (χ3v) is 5.42. The summed E-state index contributed by atoms with van der Waals surface area (Å²) in [4.78, 5) is 2.80. The van der Waals surface area contributed by atoms with Crippen molar-refractivity contribution in [2.75, 3.05) is 26.2 Å². The fourth-order valence-electron chi connectivity index (χ4n) is 3.94. The first-order valence-electron chi connectivity index (χ1n) is 8.55. The van der Waals surface area contributed by atoms with Crippen LogP contribution in [0.2, 0.25) is 0 Å². The van der Waals surface area contributed by atoms with E-state index in [-0.39, 0.29) is 0 Å². The molecule has 1 aliphatic carbocycles. The molecule has 0 amide bonds. The van der Waals surface area contributed by atoms with Crippen molar-refractivity contribution in [1.82, 2.24) is 10.2 Å². The highest BCUT2D eigenvalue weighted by Gasteiger charge is 2.28. The maximum absolute atomic E-state index is 3.49. The zero-order valence-corrected chi connectivity index (χ0v) is 13.4. The molecule has 1 aliphatic heterocycles. The van der Waals surface area contributed by atoms with Crippen molar-refractivity contribution in [1.29, 1.82) is 0 Å². The summed E-state index contributed by atoms with van der Waals surface area (Å²) in [6.07, 6.45) is 9.90. The predicted octanol–water partition coefficient (Wildman–Crippen LogP) is 3.67. The van der Waals surface area contributed by atoms with Crippen molar-refractivity contribution >= 4 is 0 Å². The van der Waals surface area contributed by atoms with E-state index in [0.29, 0.717) is 5.41 Å². The highest BCUT2D eigenvalue weighted by atomic mass is 15.2. The third kappa shape index (κ3) is 4.75. The lowest BCUT2D eigenvalue weighted by atomic mass is 9.85. The molecule has 1 heterocycles. The molecule has 0 spiro atoms. The molecule has 2 nitrogen and oxygen atoms in total. The van der Waals surface area contributed by atoms with Gasteiger partial charge in [0.25, 0.3) is 0 Å². The minimum atomic E-state index is 0.586. The number of piperidine rings is 1. The van der Waals surface area contributed by atoms with Crippen molar-refractivity contribution < 1.29 is 0 Å². The van der Waals surface area contributed by atoms with E-state index in [2.05, 4.69) is 31.0 Å². The Morgan fingerprint density at radius 3 is 2.47 bits per heavy atom. The third-order valence-electron chi connectivity index (χ3n) is 5.42. The minimum Gasteiger partial charge on any atom is -0.317 e. The van der Waals surface area contributed by atoms with Crippen LogP contribution >= 0.6 is 0 Å². The molecule has 1 saturated heterocycles. The maximum Gasteiger partial charge on any atom is 0.00954 e. The first kappa shape index (κ1) is 15.3. The van der Waals surface area contributed by atoms with Crippen LogP contribution in [0, 0.1) is 11.3 Å². The van der Waals surface area contributed by atoms with Crippen LogP contribution in [-0.2, 0) is 0 Å². The molecule has 2 fully saturated rings. The van der Waals surface area contributed by atoms with Gasteiger partial charge in [-0.2, -0.15) is 0 Å². The van der Waals surface area contributed by atoms with E-state index in [1.807, 2.05) is 0 Å². The molecule has 2 rings (SSSR count). The second-order valence-corrected chi connectivity index (χ2v) is 7.53. The molecule has 112 valence electrons. The molecule has 2 heteroatoms. The molecule has 0 bridgehead atoms. The van der Waals surface area contributed by atoms with Gasteiger partial charge >= 0.3 is 0 Å². The van der Waals surface area contributed by atoms with Gasteiger partial charge in [-0.05, 0) is 69.5 Å². The zero-order chi connectivity index (χ0) is 13.7. The van der Waals surface area contributed by atoms with Crippen molar-refractivity contribution in [3.63, 3.8) is 0 Å². The Balaban J connectivity index is 1.85. The van der Waals surface area contributed by atoms with Gasteiger partial charge in [0, 0.05) is 12.6 Å². The first-order valence-corrected chi connectivity index (χ1v) is 8.55. The normalized spacial score (nSPS) is 29.4. The van der Waals surface area contributed by atoms with Gasteiger partial charge in [0.05, 0.1) is 0 Å². The monoisotopic (exact) mass is 266 g/mol. The van der Waals surface area contributed by atoms with Gasteiger partial charge < -0.3 is 10.2 Å². The molecule has 0 aromatic rings. The van der Waals surface area contributed by atoms with Crippen molar-refractivity contribution in [3.05, 3.63) is 0 Å². The van der Waals surface area contributed by atoms with E-state index in [1.165, 1.54) is 71.1 Å². The average Bonchev–Trinajstić information content (AvgIpc) is 2.58. The molecule has 2 aliphatic rings. The SMILES string of the molecule is CCN(CC1CCNCC1)C1CCCC(C)(C)CC1. The predicted molar refractivity (Wildman–Crippen MR) is 83.5 cm³/mol. The Morgan fingerprint density at radius 2 is 1.79 bits per heavy atom. The van der Waals surface area contributed by atoms with Gasteiger partial charge in [0.15, 0.2) is 0 Å². The molecular weight excluding hydrogens is 232 g/mol. The summed E-state index contributed by atoms with van der Waals surface area (Å²) in [7, 11) is 0. The van der Waals surface area contributed by atoms with Crippen molar-refractivity contribution in [2.24, 2.45) is 11.3 Å². The Kier molecular flexibility index (Phi) is 5.70. The van der Waals surface area contributed by atoms with Crippen LogP contribution in [0.25, 0.3) is 0 Å². The molecule has 19 heavy (non-hydrogen) atoms. The highest BCUT2D eigenvalue weighted by molar-refractivity contribution is 4.83. The summed E-state index contributed by atoms with van der Waals surface area (Å²) >= 11 is 0. The van der Waals surface area contributed by atoms with Crippen LogP contribution in [0.3, 0.4) is 0 Å². The fraction of sp³-hybridized carbons (Fsp3) is 1.00. The summed E-state index contributed by atoms with van der Waals surface area (Å²) in [5.74, 6) is 0.942. The second-order valence-electron chi connectivity index (χ2n) is 7.53. The van der Waals surface area contributed by atoms with Gasteiger partial charge in [-0.3, -0.25) is 0 Å². The van der Waals surface area contributed by atoms with Crippen LogP contribution < -0.4 is 5.32 Å². The number of nitrogens with zero attached hydrogens (tertiary/aromatic N) is 1. The van der Waals surface area contributed by atoms with Gasteiger partial charge in [0.1, 0.15) is 0 Å². The van der Waals surface area contributed by atoms with E-state index >= 15 is 0 Å². The molecule has 1 saturated carbocycles. The van der Waals surface area contributed by atoms with Crippen LogP contribution in [0.15, 0.2) is 0 Å². The van der Waals surface area contributed by atoms with Crippen LogP contribution in [0.5, 0.6) is 0 Å². The van der Waals surface area contributed by atoms with Gasteiger partial charge in [0.2, 0.25) is 0 Å². The number of nitrogens with one attached hydrogen (secondary N) is 1. The molecule has 0 radical (unpaired) electrons. The van der Waals surface area contributed by atoms with Gasteiger partial charge in [-0.25, -0.2) is 0 Å². The molecule has 0 aromatic carbocycles. The average molecular weight is 266 g/mol. The van der Waals surface area contributed by atoms with E-state index < -0.39 is 0 Å². The van der Waals surface area contributed by atoms with Crippen molar-refractivity contribution in [3.8, 4) is 0 Å². The zero-order valence-electron chi connectivity index (χ0n) is 13.4. The lowest BCUT2D eigenvalue weighted by Gasteiger charge is -2.35. The van der Waals surface area contributed by atoms with E-state index in [9.17, 15) is 0 Å². The maximum atomic E-state index is 3.49. The van der Waals surface area contributed by atoms with Crippen molar-refractivity contribution in [2.45, 2.75) is 71.8 Å². The quantitative estimate of drug-likeness (QED) is 0.781. The molecule has 1 N–H and O–H groups in total. The summed E-state index contributed by atoms with van der Waals surface area (Å²) in [6, 6.07) is 0.863. The van der Waals surface area contributed by atoms with Crippen LogP contribution in [-0.4, -0.2) is 37.1 Å². The lowest BCUT2D eigenvalue weighted by Crippen LogP contribution is -2.41. The number of hydrogen-bond donors (Lipinski definition) is 1. The Hall–Kier alpha value is -0.0800. The fourth-order valence-corrected chi connectivity index (χ4v) is 3.94. The highest BCUT2D eigenvalue weighted by Crippen LogP contribution is 2.35. The summed E-state index contributed by atoms with van der Waals surface area (Å²) in [5.41, 5.74) is 0.586. The summed E-state index contributed by atoms with van der Waals surface area (Å²) in [5, 5.41) is 3.49. The minimum absolute atomic E-state index is 0.586. The summed E-state index contributed by atoms with van der Waals surface area (Å²) < 4.78 is 0. The van der Waals surface area contributed by atoms with E-state index in [4.69, 9.17) is 0 Å². The lowest BCUT2D eigenvalue weighted by molar-refractivity contribution is 0.143. The van der Waals surface area contributed by atoms with E-state index in [0.717, 1.165) is 12.0 Å². The first-order chi connectivity index (χ1) is 9.11. The second kappa shape index (κ2) is 7.08.